The van der Waals surface area contributed by atoms with Crippen molar-refractivity contribution in [3.8, 4) is 0 Å². The minimum Gasteiger partial charge on any atom is -0.392 e. The maximum Gasteiger partial charge on any atom is 0.0771 e. The highest BCUT2D eigenvalue weighted by Gasteiger charge is 2.31. The normalized spacial score (nSPS) is 27.4. The van der Waals surface area contributed by atoms with Gasteiger partial charge in [0.25, 0.3) is 0 Å². The van der Waals surface area contributed by atoms with Gasteiger partial charge in [0.2, 0.25) is 0 Å². The van der Waals surface area contributed by atoms with E-state index in [-0.39, 0.29) is 6.10 Å². The second-order valence-corrected chi connectivity index (χ2v) is 5.67. The fourth-order valence-corrected chi connectivity index (χ4v) is 2.66. The van der Waals surface area contributed by atoms with Crippen LogP contribution in [0.1, 0.15) is 51.4 Å². The van der Waals surface area contributed by atoms with Crippen molar-refractivity contribution in [2.24, 2.45) is 5.92 Å². The van der Waals surface area contributed by atoms with Crippen LogP contribution in [0.2, 0.25) is 0 Å². The average Bonchev–Trinajstić information content (AvgIpc) is 3.04. The van der Waals surface area contributed by atoms with Crippen LogP contribution in [0.4, 0.5) is 0 Å². The average molecular weight is 227 g/mol. The number of aliphatic hydroxyl groups excluding tert-OH is 1. The standard InChI is InChI=1S/C13H25NO2/c15-12(11-5-6-11)9-14-10-13(16)7-3-1-2-4-8-13/h11-12,14-16H,1-10H2. The summed E-state index contributed by atoms with van der Waals surface area (Å²) in [6.45, 7) is 1.30. The Morgan fingerprint density at radius 3 is 2.31 bits per heavy atom. The van der Waals surface area contributed by atoms with Crippen molar-refractivity contribution in [3.05, 3.63) is 0 Å². The zero-order valence-electron chi connectivity index (χ0n) is 10.1. The van der Waals surface area contributed by atoms with Gasteiger partial charge in [0.1, 0.15) is 0 Å². The van der Waals surface area contributed by atoms with Crippen LogP contribution in [0.25, 0.3) is 0 Å². The van der Waals surface area contributed by atoms with Crippen molar-refractivity contribution in [3.63, 3.8) is 0 Å². The first-order valence-corrected chi connectivity index (χ1v) is 6.81. The summed E-state index contributed by atoms with van der Waals surface area (Å²) >= 11 is 0. The van der Waals surface area contributed by atoms with Crippen molar-refractivity contribution >= 4 is 0 Å². The first-order chi connectivity index (χ1) is 7.70. The summed E-state index contributed by atoms with van der Waals surface area (Å²) in [6, 6.07) is 0. The van der Waals surface area contributed by atoms with Gasteiger partial charge in [-0.05, 0) is 31.6 Å². The highest BCUT2D eigenvalue weighted by molar-refractivity contribution is 4.86. The van der Waals surface area contributed by atoms with Crippen molar-refractivity contribution in [1.29, 1.82) is 0 Å². The Bertz CT molecular complexity index is 208. The summed E-state index contributed by atoms with van der Waals surface area (Å²) in [5.41, 5.74) is -0.514. The molecule has 0 aliphatic heterocycles. The molecule has 16 heavy (non-hydrogen) atoms. The smallest absolute Gasteiger partial charge is 0.0771 e. The minimum atomic E-state index is -0.514. The van der Waals surface area contributed by atoms with Crippen LogP contribution < -0.4 is 5.32 Å². The van der Waals surface area contributed by atoms with Crippen molar-refractivity contribution < 1.29 is 10.2 Å². The molecular weight excluding hydrogens is 202 g/mol. The van der Waals surface area contributed by atoms with Gasteiger partial charge in [-0.25, -0.2) is 0 Å². The molecule has 1 atom stereocenters. The lowest BCUT2D eigenvalue weighted by Gasteiger charge is -2.27. The van der Waals surface area contributed by atoms with Crippen LogP contribution in [-0.2, 0) is 0 Å². The van der Waals surface area contributed by atoms with Crippen LogP contribution in [0.3, 0.4) is 0 Å². The lowest BCUT2D eigenvalue weighted by atomic mass is 9.94. The molecule has 0 aromatic heterocycles. The number of hydrogen-bond acceptors (Lipinski definition) is 3. The summed E-state index contributed by atoms with van der Waals surface area (Å²) in [5.74, 6) is 0.524. The third-order valence-corrected chi connectivity index (χ3v) is 4.01. The van der Waals surface area contributed by atoms with Gasteiger partial charge < -0.3 is 15.5 Å². The fraction of sp³-hybridized carbons (Fsp3) is 1.00. The molecule has 3 heteroatoms. The Hall–Kier alpha value is -0.120. The molecule has 3 nitrogen and oxygen atoms in total. The van der Waals surface area contributed by atoms with Gasteiger partial charge in [-0.1, -0.05) is 25.7 Å². The molecule has 2 saturated carbocycles. The second-order valence-electron chi connectivity index (χ2n) is 5.67. The Kier molecular flexibility index (Phi) is 4.22. The van der Waals surface area contributed by atoms with Gasteiger partial charge in [0, 0.05) is 13.1 Å². The van der Waals surface area contributed by atoms with Crippen molar-refractivity contribution in [1.82, 2.24) is 5.32 Å². The maximum atomic E-state index is 10.4. The summed E-state index contributed by atoms with van der Waals surface area (Å²) in [4.78, 5) is 0. The highest BCUT2D eigenvalue weighted by Crippen LogP contribution is 2.32. The predicted molar refractivity (Wildman–Crippen MR) is 64.3 cm³/mol. The topological polar surface area (TPSA) is 52.5 Å². The first kappa shape index (κ1) is 12.3. The zero-order chi connectivity index (χ0) is 11.4. The Morgan fingerprint density at radius 2 is 1.75 bits per heavy atom. The summed E-state index contributed by atoms with van der Waals surface area (Å²) in [6.07, 6.45) is 8.78. The van der Waals surface area contributed by atoms with E-state index >= 15 is 0 Å². The van der Waals surface area contributed by atoms with E-state index in [0.29, 0.717) is 19.0 Å². The molecule has 94 valence electrons. The minimum absolute atomic E-state index is 0.200. The Balaban J connectivity index is 1.66. The molecule has 2 aliphatic rings. The predicted octanol–water partition coefficient (Wildman–Crippen LogP) is 1.43. The molecule has 0 aromatic carbocycles. The first-order valence-electron chi connectivity index (χ1n) is 6.81. The van der Waals surface area contributed by atoms with Gasteiger partial charge in [-0.3, -0.25) is 0 Å². The van der Waals surface area contributed by atoms with E-state index < -0.39 is 5.60 Å². The van der Waals surface area contributed by atoms with Crippen molar-refractivity contribution in [2.75, 3.05) is 13.1 Å². The molecule has 2 rings (SSSR count). The lowest BCUT2D eigenvalue weighted by Crippen LogP contribution is -2.42. The number of hydrogen-bond donors (Lipinski definition) is 3. The summed E-state index contributed by atoms with van der Waals surface area (Å²) in [7, 11) is 0. The summed E-state index contributed by atoms with van der Waals surface area (Å²) in [5, 5.41) is 23.3. The monoisotopic (exact) mass is 227 g/mol. The molecule has 0 aromatic rings. The molecule has 2 fully saturated rings. The molecule has 1 unspecified atom stereocenters. The van der Waals surface area contributed by atoms with E-state index in [1.165, 1.54) is 25.7 Å². The molecule has 0 bridgehead atoms. The second kappa shape index (κ2) is 5.48. The fourth-order valence-electron chi connectivity index (χ4n) is 2.66. The van der Waals surface area contributed by atoms with Crippen LogP contribution >= 0.6 is 0 Å². The van der Waals surface area contributed by atoms with E-state index in [0.717, 1.165) is 25.7 Å². The molecule has 0 heterocycles. The quantitative estimate of drug-likeness (QED) is 0.623. The van der Waals surface area contributed by atoms with Crippen LogP contribution in [0.5, 0.6) is 0 Å². The summed E-state index contributed by atoms with van der Waals surface area (Å²) < 4.78 is 0. The molecule has 0 radical (unpaired) electrons. The maximum absolute atomic E-state index is 10.4. The Labute approximate surface area is 98.2 Å². The van der Waals surface area contributed by atoms with Gasteiger partial charge >= 0.3 is 0 Å². The van der Waals surface area contributed by atoms with E-state index in [4.69, 9.17) is 0 Å². The van der Waals surface area contributed by atoms with Gasteiger partial charge in [0.15, 0.2) is 0 Å². The molecular formula is C13H25NO2. The number of nitrogens with one attached hydrogen (secondary N) is 1. The van der Waals surface area contributed by atoms with E-state index in [1.54, 1.807) is 0 Å². The van der Waals surface area contributed by atoms with Crippen LogP contribution in [0, 0.1) is 5.92 Å². The van der Waals surface area contributed by atoms with Gasteiger partial charge in [-0.2, -0.15) is 0 Å². The zero-order valence-corrected chi connectivity index (χ0v) is 10.1. The van der Waals surface area contributed by atoms with E-state index in [2.05, 4.69) is 5.32 Å². The third kappa shape index (κ3) is 3.72. The highest BCUT2D eigenvalue weighted by atomic mass is 16.3. The molecule has 2 aliphatic carbocycles. The van der Waals surface area contributed by atoms with Crippen LogP contribution in [0.15, 0.2) is 0 Å². The number of rotatable bonds is 5. The van der Waals surface area contributed by atoms with E-state index in [1.807, 2.05) is 0 Å². The molecule has 0 spiro atoms. The molecule has 0 amide bonds. The van der Waals surface area contributed by atoms with Gasteiger partial charge in [0.05, 0.1) is 11.7 Å². The van der Waals surface area contributed by atoms with E-state index in [9.17, 15) is 10.2 Å². The largest absolute Gasteiger partial charge is 0.392 e. The third-order valence-electron chi connectivity index (χ3n) is 4.01. The van der Waals surface area contributed by atoms with Crippen molar-refractivity contribution in [2.45, 2.75) is 63.1 Å². The Morgan fingerprint density at radius 1 is 1.12 bits per heavy atom. The van der Waals surface area contributed by atoms with Gasteiger partial charge in [-0.15, -0.1) is 0 Å². The van der Waals surface area contributed by atoms with Crippen LogP contribution in [-0.4, -0.2) is 35.0 Å². The number of aliphatic hydroxyl groups is 2. The molecule has 3 N–H and O–H groups in total. The molecule has 0 saturated heterocycles. The SMILES string of the molecule is OC(CNCC1(O)CCCCCC1)C1CC1. The lowest BCUT2D eigenvalue weighted by molar-refractivity contribution is 0.0217.